The van der Waals surface area contributed by atoms with E-state index in [1.165, 1.54) is 22.8 Å². The van der Waals surface area contributed by atoms with E-state index >= 15 is 0 Å². The van der Waals surface area contributed by atoms with E-state index in [4.69, 9.17) is 4.74 Å². The van der Waals surface area contributed by atoms with Gasteiger partial charge in [-0.1, -0.05) is 0 Å². The van der Waals surface area contributed by atoms with Crippen molar-refractivity contribution in [2.75, 3.05) is 33.8 Å². The summed E-state index contributed by atoms with van der Waals surface area (Å²) in [5.41, 5.74) is 0. The van der Waals surface area contributed by atoms with E-state index < -0.39 is 10.0 Å². The molecule has 7 nitrogen and oxygen atoms in total. The Balaban J connectivity index is 1.89. The number of sulfonamides is 1. The predicted molar refractivity (Wildman–Crippen MR) is 83.6 cm³/mol. The summed E-state index contributed by atoms with van der Waals surface area (Å²) in [6.45, 7) is 1.47. The molecule has 1 aliphatic heterocycles. The zero-order chi connectivity index (χ0) is 15.7. The number of imidazole rings is 1. The van der Waals surface area contributed by atoms with Crippen LogP contribution in [-0.2, 0) is 10.0 Å². The van der Waals surface area contributed by atoms with E-state index in [1.807, 2.05) is 7.05 Å². The molecule has 1 N–H and O–H groups in total. The summed E-state index contributed by atoms with van der Waals surface area (Å²) in [6, 6.07) is 1.60. The third-order valence-electron chi connectivity index (χ3n) is 3.84. The number of hydrogen-bond donors (Lipinski definition) is 1. The Morgan fingerprint density at radius 3 is 2.95 bits per heavy atom. The summed E-state index contributed by atoms with van der Waals surface area (Å²) in [5, 5.41) is 1.73. The second-order valence-corrected chi connectivity index (χ2v) is 8.16. The fraction of sp³-hybridized carbons (Fsp3) is 0.462. The number of rotatable bonds is 4. The van der Waals surface area contributed by atoms with Crippen LogP contribution in [0.3, 0.4) is 0 Å². The molecule has 9 heteroatoms. The molecular weight excluding hydrogens is 324 g/mol. The van der Waals surface area contributed by atoms with Crippen molar-refractivity contribution < 1.29 is 13.2 Å². The van der Waals surface area contributed by atoms with Crippen LogP contribution in [0.1, 0.15) is 11.9 Å². The molecule has 2 aromatic rings. The van der Waals surface area contributed by atoms with E-state index in [0.29, 0.717) is 25.4 Å². The molecule has 0 saturated carbocycles. The van der Waals surface area contributed by atoms with Crippen LogP contribution in [0.25, 0.3) is 0 Å². The van der Waals surface area contributed by atoms with Crippen molar-refractivity contribution >= 4 is 21.4 Å². The van der Waals surface area contributed by atoms with Crippen LogP contribution in [0, 0.1) is 0 Å². The number of nitrogens with one attached hydrogen (secondary N) is 1. The Hall–Kier alpha value is -1.42. The first-order chi connectivity index (χ1) is 10.5. The second-order valence-electron chi connectivity index (χ2n) is 5.11. The average Bonchev–Trinajstić information content (AvgIpc) is 3.18. The van der Waals surface area contributed by atoms with Gasteiger partial charge in [0.2, 0.25) is 0 Å². The van der Waals surface area contributed by atoms with Crippen molar-refractivity contribution in [2.24, 2.45) is 0 Å². The summed E-state index contributed by atoms with van der Waals surface area (Å²) in [7, 11) is -0.0924. The van der Waals surface area contributed by atoms with Gasteiger partial charge < -0.3 is 9.72 Å². The summed E-state index contributed by atoms with van der Waals surface area (Å²) >= 11 is 1.18. The van der Waals surface area contributed by atoms with Crippen molar-refractivity contribution in [3.63, 3.8) is 0 Å². The molecule has 1 aliphatic rings. The zero-order valence-corrected chi connectivity index (χ0v) is 14.0. The van der Waals surface area contributed by atoms with Gasteiger partial charge in [0, 0.05) is 32.0 Å². The number of nitrogens with zero attached hydrogens (tertiary/aromatic N) is 3. The van der Waals surface area contributed by atoms with Crippen LogP contribution in [0.4, 0.5) is 0 Å². The Kier molecular flexibility index (Phi) is 4.22. The second kappa shape index (κ2) is 5.99. The zero-order valence-electron chi connectivity index (χ0n) is 12.4. The number of ether oxygens (including phenoxy) is 1. The van der Waals surface area contributed by atoms with Gasteiger partial charge >= 0.3 is 0 Å². The number of hydrogen-bond acceptors (Lipinski definition) is 6. The van der Waals surface area contributed by atoms with Gasteiger partial charge in [-0.25, -0.2) is 13.4 Å². The maximum atomic E-state index is 12.9. The normalized spacial score (nSPS) is 21.1. The molecule has 3 heterocycles. The maximum absolute atomic E-state index is 12.9. The average molecular weight is 342 g/mol. The van der Waals surface area contributed by atoms with Crippen LogP contribution in [0.2, 0.25) is 0 Å². The molecule has 1 saturated heterocycles. The molecule has 0 amide bonds. The molecule has 0 aliphatic carbocycles. The Morgan fingerprint density at radius 2 is 2.27 bits per heavy atom. The minimum atomic E-state index is -3.55. The van der Waals surface area contributed by atoms with Crippen molar-refractivity contribution in [3.05, 3.63) is 29.7 Å². The van der Waals surface area contributed by atoms with E-state index in [9.17, 15) is 8.42 Å². The minimum Gasteiger partial charge on any atom is -0.494 e. The molecule has 0 aromatic carbocycles. The SMILES string of the molecule is COc1ccsc1S(=O)(=O)N1CCN(C)C(c2ncc[nH]2)C1. The monoisotopic (exact) mass is 342 g/mol. The number of H-pyrrole nitrogens is 1. The predicted octanol–water partition coefficient (Wildman–Crippen LogP) is 1.16. The third-order valence-corrected chi connectivity index (χ3v) is 7.12. The van der Waals surface area contributed by atoms with Crippen LogP contribution < -0.4 is 4.74 Å². The lowest BCUT2D eigenvalue weighted by atomic mass is 10.2. The fourth-order valence-electron chi connectivity index (χ4n) is 2.56. The van der Waals surface area contributed by atoms with E-state index in [0.717, 1.165) is 5.82 Å². The van der Waals surface area contributed by atoms with Gasteiger partial charge in [-0.3, -0.25) is 4.90 Å². The molecule has 0 radical (unpaired) electrons. The molecule has 3 rings (SSSR count). The van der Waals surface area contributed by atoms with Crippen molar-refractivity contribution in [3.8, 4) is 5.75 Å². The Labute approximate surface area is 133 Å². The van der Waals surface area contributed by atoms with Gasteiger partial charge in [0.1, 0.15) is 11.6 Å². The van der Waals surface area contributed by atoms with E-state index in [-0.39, 0.29) is 10.3 Å². The van der Waals surface area contributed by atoms with Gasteiger partial charge in [0.25, 0.3) is 10.0 Å². The van der Waals surface area contributed by atoms with Gasteiger partial charge in [0.15, 0.2) is 4.21 Å². The lowest BCUT2D eigenvalue weighted by Gasteiger charge is -2.37. The first-order valence-electron chi connectivity index (χ1n) is 6.85. The van der Waals surface area contributed by atoms with E-state index in [1.54, 1.807) is 23.8 Å². The molecule has 1 fully saturated rings. The van der Waals surface area contributed by atoms with Crippen molar-refractivity contribution in [1.82, 2.24) is 19.2 Å². The summed E-state index contributed by atoms with van der Waals surface area (Å²) in [4.78, 5) is 9.44. The molecule has 120 valence electrons. The molecule has 22 heavy (non-hydrogen) atoms. The standard InChI is InChI=1S/C13H18N4O3S2/c1-16-6-7-17(9-10(16)12-14-4-5-15-12)22(18,19)13-11(20-2)3-8-21-13/h3-5,8,10H,6-7,9H2,1-2H3,(H,14,15). The van der Waals surface area contributed by atoms with Gasteiger partial charge in [0.05, 0.1) is 13.2 Å². The van der Waals surface area contributed by atoms with Crippen LogP contribution in [0.5, 0.6) is 5.75 Å². The number of methoxy groups -OCH3 is 1. The summed E-state index contributed by atoms with van der Waals surface area (Å²) < 4.78 is 32.6. The number of piperazine rings is 1. The molecular formula is C13H18N4O3S2. The number of likely N-dealkylation sites (N-methyl/N-ethyl adjacent to an activating group) is 1. The highest BCUT2D eigenvalue weighted by Gasteiger charge is 2.36. The Bertz CT molecular complexity index is 726. The Morgan fingerprint density at radius 1 is 1.45 bits per heavy atom. The first kappa shape index (κ1) is 15.5. The number of aromatic amines is 1. The quantitative estimate of drug-likeness (QED) is 0.902. The van der Waals surface area contributed by atoms with Gasteiger partial charge in [-0.15, -0.1) is 11.3 Å². The highest BCUT2D eigenvalue weighted by atomic mass is 32.2. The molecule has 2 aromatic heterocycles. The highest BCUT2D eigenvalue weighted by Crippen LogP contribution is 2.34. The third kappa shape index (κ3) is 2.65. The van der Waals surface area contributed by atoms with Crippen molar-refractivity contribution in [1.29, 1.82) is 0 Å². The topological polar surface area (TPSA) is 78.5 Å². The molecule has 0 bridgehead atoms. The maximum Gasteiger partial charge on any atom is 0.256 e. The lowest BCUT2D eigenvalue weighted by Crippen LogP contribution is -2.49. The first-order valence-corrected chi connectivity index (χ1v) is 9.17. The van der Waals surface area contributed by atoms with Gasteiger partial charge in [-0.2, -0.15) is 4.31 Å². The summed E-state index contributed by atoms with van der Waals surface area (Å²) in [6.07, 6.45) is 3.43. The number of thiophene rings is 1. The highest BCUT2D eigenvalue weighted by molar-refractivity contribution is 7.91. The minimum absolute atomic E-state index is 0.0792. The van der Waals surface area contributed by atoms with Crippen LogP contribution in [-0.4, -0.2) is 61.4 Å². The largest absolute Gasteiger partial charge is 0.494 e. The lowest BCUT2D eigenvalue weighted by molar-refractivity contribution is 0.142. The smallest absolute Gasteiger partial charge is 0.256 e. The van der Waals surface area contributed by atoms with E-state index in [2.05, 4.69) is 14.9 Å². The van der Waals surface area contributed by atoms with Gasteiger partial charge in [-0.05, 0) is 18.5 Å². The molecule has 1 unspecified atom stereocenters. The fourth-order valence-corrected chi connectivity index (χ4v) is 5.41. The summed E-state index contributed by atoms with van der Waals surface area (Å²) in [5.74, 6) is 1.18. The number of aromatic nitrogens is 2. The van der Waals surface area contributed by atoms with Crippen LogP contribution >= 0.6 is 11.3 Å². The molecule has 0 spiro atoms. The van der Waals surface area contributed by atoms with Crippen LogP contribution in [0.15, 0.2) is 28.0 Å². The van der Waals surface area contributed by atoms with Crippen molar-refractivity contribution in [2.45, 2.75) is 10.3 Å². The molecule has 1 atom stereocenters.